The molecule has 2 amide bonds. The number of piperidine rings is 1. The Morgan fingerprint density at radius 1 is 1.22 bits per heavy atom. The maximum atomic E-state index is 12.9. The van der Waals surface area contributed by atoms with Crippen molar-refractivity contribution >= 4 is 17.5 Å². The first kappa shape index (κ1) is 16.0. The molecule has 1 aromatic rings. The van der Waals surface area contributed by atoms with Crippen molar-refractivity contribution in [2.24, 2.45) is 5.73 Å². The summed E-state index contributed by atoms with van der Waals surface area (Å²) in [6, 6.07) is 7.99. The molecule has 2 atom stereocenters. The van der Waals surface area contributed by atoms with Crippen LogP contribution in [0.3, 0.4) is 0 Å². The first-order chi connectivity index (χ1) is 11.1. The quantitative estimate of drug-likeness (QED) is 0.923. The van der Waals surface area contributed by atoms with Crippen LogP contribution in [0.25, 0.3) is 0 Å². The van der Waals surface area contributed by atoms with E-state index < -0.39 is 0 Å². The Kier molecular flexibility index (Phi) is 4.66. The highest BCUT2D eigenvalue weighted by atomic mass is 16.2. The van der Waals surface area contributed by atoms with Gasteiger partial charge in [0.25, 0.3) is 0 Å². The first-order valence-electron chi connectivity index (χ1n) is 8.51. The average Bonchev–Trinajstić information content (AvgIpc) is 2.54. The molecular weight excluding hydrogens is 290 g/mol. The smallest absolute Gasteiger partial charge is 0.241 e. The largest absolute Gasteiger partial charge is 0.368 e. The van der Waals surface area contributed by atoms with E-state index in [4.69, 9.17) is 5.73 Å². The van der Waals surface area contributed by atoms with Crippen molar-refractivity contribution in [3.63, 3.8) is 0 Å². The Morgan fingerprint density at radius 3 is 2.78 bits per heavy atom. The molecule has 124 valence electrons. The molecule has 0 aromatic heterocycles. The number of carbonyl (C=O) groups excluding carboxylic acids is 2. The van der Waals surface area contributed by atoms with Gasteiger partial charge in [0.2, 0.25) is 11.8 Å². The minimum atomic E-state index is -0.315. The molecule has 1 aromatic carbocycles. The third-order valence-electron chi connectivity index (χ3n) is 5.07. The van der Waals surface area contributed by atoms with Crippen molar-refractivity contribution in [3.05, 3.63) is 29.8 Å². The summed E-state index contributed by atoms with van der Waals surface area (Å²) in [6.45, 7) is 3.13. The van der Waals surface area contributed by atoms with E-state index in [1.54, 1.807) is 0 Å². The number of hydrogen-bond donors (Lipinski definition) is 1. The maximum Gasteiger partial charge on any atom is 0.241 e. The number of fused-ring (bicyclic) bond motifs is 1. The highest BCUT2D eigenvalue weighted by molar-refractivity contribution is 5.97. The molecule has 0 unspecified atom stereocenters. The fourth-order valence-electron chi connectivity index (χ4n) is 3.82. The number of carbonyl (C=O) groups is 2. The molecule has 23 heavy (non-hydrogen) atoms. The number of primary amides is 1. The molecule has 1 fully saturated rings. The highest BCUT2D eigenvalue weighted by Crippen LogP contribution is 2.31. The van der Waals surface area contributed by atoms with E-state index in [1.807, 2.05) is 28.0 Å². The van der Waals surface area contributed by atoms with Gasteiger partial charge in [0.15, 0.2) is 0 Å². The second kappa shape index (κ2) is 6.71. The molecule has 0 saturated carbocycles. The summed E-state index contributed by atoms with van der Waals surface area (Å²) in [6.07, 6.45) is 4.76. The Labute approximate surface area is 137 Å². The van der Waals surface area contributed by atoms with Gasteiger partial charge < -0.3 is 10.6 Å². The van der Waals surface area contributed by atoms with Crippen molar-refractivity contribution in [1.82, 2.24) is 4.90 Å². The van der Waals surface area contributed by atoms with Crippen LogP contribution in [0.5, 0.6) is 0 Å². The molecular formula is C18H25N3O2. The molecule has 1 saturated heterocycles. The predicted octanol–water partition coefficient (Wildman–Crippen LogP) is 1.69. The lowest BCUT2D eigenvalue weighted by molar-refractivity contribution is -0.127. The van der Waals surface area contributed by atoms with E-state index in [-0.39, 0.29) is 30.4 Å². The monoisotopic (exact) mass is 315 g/mol. The minimum absolute atomic E-state index is 0.0674. The molecule has 0 radical (unpaired) electrons. The Balaban J connectivity index is 1.78. The van der Waals surface area contributed by atoms with Crippen LogP contribution in [0.1, 0.15) is 38.2 Å². The maximum absolute atomic E-state index is 12.9. The zero-order valence-electron chi connectivity index (χ0n) is 13.7. The van der Waals surface area contributed by atoms with Gasteiger partial charge in [0.05, 0.1) is 12.6 Å². The number of rotatable bonds is 3. The summed E-state index contributed by atoms with van der Waals surface area (Å²) in [7, 11) is 0. The molecule has 0 bridgehead atoms. The molecule has 2 heterocycles. The number of amides is 2. The average molecular weight is 315 g/mol. The number of para-hydroxylation sites is 1. The summed E-state index contributed by atoms with van der Waals surface area (Å²) in [5.41, 5.74) is 7.75. The van der Waals surface area contributed by atoms with Gasteiger partial charge in [-0.2, -0.15) is 0 Å². The molecule has 5 heteroatoms. The fourth-order valence-corrected chi connectivity index (χ4v) is 3.82. The van der Waals surface area contributed by atoms with Crippen LogP contribution in [0, 0.1) is 0 Å². The third-order valence-corrected chi connectivity index (χ3v) is 5.07. The predicted molar refractivity (Wildman–Crippen MR) is 90.1 cm³/mol. The molecule has 0 spiro atoms. The molecule has 0 aliphatic carbocycles. The standard InChI is InChI=1S/C18H25N3O2/c1-13-9-10-14-6-2-3-7-15(14)21(13)17(22)12-20-11-5-4-8-16(20)18(19)23/h2-3,6-7,13,16H,4-5,8-12H2,1H3,(H2,19,23)/t13-,16+/m1/s1. The topological polar surface area (TPSA) is 66.6 Å². The summed E-state index contributed by atoms with van der Waals surface area (Å²) < 4.78 is 0. The molecule has 2 aliphatic rings. The highest BCUT2D eigenvalue weighted by Gasteiger charge is 2.33. The van der Waals surface area contributed by atoms with Gasteiger partial charge in [-0.15, -0.1) is 0 Å². The van der Waals surface area contributed by atoms with Crippen LogP contribution < -0.4 is 10.6 Å². The molecule has 3 rings (SSSR count). The lowest BCUT2D eigenvalue weighted by Crippen LogP contribution is -2.53. The number of nitrogens with two attached hydrogens (primary N) is 1. The van der Waals surface area contributed by atoms with Gasteiger partial charge in [-0.3, -0.25) is 14.5 Å². The molecule has 2 N–H and O–H groups in total. The SMILES string of the molecule is C[C@@H]1CCc2ccccc2N1C(=O)CN1CCCC[C@H]1C(N)=O. The van der Waals surface area contributed by atoms with Crippen LogP contribution in [-0.4, -0.2) is 41.9 Å². The van der Waals surface area contributed by atoms with E-state index in [0.717, 1.165) is 44.3 Å². The summed E-state index contributed by atoms with van der Waals surface area (Å²) in [5, 5.41) is 0. The van der Waals surface area contributed by atoms with E-state index in [2.05, 4.69) is 13.0 Å². The lowest BCUT2D eigenvalue weighted by atomic mass is 9.96. The van der Waals surface area contributed by atoms with Gasteiger partial charge in [-0.1, -0.05) is 24.6 Å². The number of benzene rings is 1. The second-order valence-corrected chi connectivity index (χ2v) is 6.66. The second-order valence-electron chi connectivity index (χ2n) is 6.66. The Morgan fingerprint density at radius 2 is 2.00 bits per heavy atom. The van der Waals surface area contributed by atoms with E-state index >= 15 is 0 Å². The minimum Gasteiger partial charge on any atom is -0.368 e. The third kappa shape index (κ3) is 3.24. The summed E-state index contributed by atoms with van der Waals surface area (Å²) in [5.74, 6) is -0.248. The zero-order chi connectivity index (χ0) is 16.4. The van der Waals surface area contributed by atoms with Gasteiger partial charge >= 0.3 is 0 Å². The Bertz CT molecular complexity index is 602. The van der Waals surface area contributed by atoms with Crippen LogP contribution in [-0.2, 0) is 16.0 Å². The van der Waals surface area contributed by atoms with Crippen molar-refractivity contribution < 1.29 is 9.59 Å². The van der Waals surface area contributed by atoms with Gasteiger partial charge in [-0.25, -0.2) is 0 Å². The summed E-state index contributed by atoms with van der Waals surface area (Å²) in [4.78, 5) is 28.4. The van der Waals surface area contributed by atoms with Crippen molar-refractivity contribution in [1.29, 1.82) is 0 Å². The number of hydrogen-bond acceptors (Lipinski definition) is 3. The number of nitrogens with zero attached hydrogens (tertiary/aromatic N) is 2. The van der Waals surface area contributed by atoms with Crippen LogP contribution >= 0.6 is 0 Å². The number of likely N-dealkylation sites (tertiary alicyclic amines) is 1. The van der Waals surface area contributed by atoms with Gasteiger partial charge in [0.1, 0.15) is 0 Å². The van der Waals surface area contributed by atoms with Crippen molar-refractivity contribution in [3.8, 4) is 0 Å². The lowest BCUT2D eigenvalue weighted by Gasteiger charge is -2.39. The van der Waals surface area contributed by atoms with E-state index in [9.17, 15) is 9.59 Å². The normalized spacial score (nSPS) is 25.0. The number of aryl methyl sites for hydroxylation is 1. The summed E-state index contributed by atoms with van der Waals surface area (Å²) >= 11 is 0. The van der Waals surface area contributed by atoms with E-state index in [0.29, 0.717) is 0 Å². The van der Waals surface area contributed by atoms with E-state index in [1.165, 1.54) is 5.56 Å². The van der Waals surface area contributed by atoms with Gasteiger partial charge in [-0.05, 0) is 50.8 Å². The van der Waals surface area contributed by atoms with Crippen molar-refractivity contribution in [2.75, 3.05) is 18.0 Å². The molecule has 5 nitrogen and oxygen atoms in total. The van der Waals surface area contributed by atoms with Crippen molar-refractivity contribution in [2.45, 2.75) is 51.1 Å². The van der Waals surface area contributed by atoms with Crippen LogP contribution in [0.15, 0.2) is 24.3 Å². The van der Waals surface area contributed by atoms with Crippen LogP contribution in [0.2, 0.25) is 0 Å². The number of anilines is 1. The Hall–Kier alpha value is -1.88. The van der Waals surface area contributed by atoms with Gasteiger partial charge in [0, 0.05) is 11.7 Å². The molecule has 2 aliphatic heterocycles. The first-order valence-corrected chi connectivity index (χ1v) is 8.51. The van der Waals surface area contributed by atoms with Crippen LogP contribution in [0.4, 0.5) is 5.69 Å². The fraction of sp³-hybridized carbons (Fsp3) is 0.556. The zero-order valence-corrected chi connectivity index (χ0v) is 13.7.